The molecule has 2 aliphatic rings. The summed E-state index contributed by atoms with van der Waals surface area (Å²) in [6.07, 6.45) is 3.24. The summed E-state index contributed by atoms with van der Waals surface area (Å²) >= 11 is 0. The molecule has 6 nitrogen and oxygen atoms in total. The first kappa shape index (κ1) is 19.7. The number of halogens is 1. The summed E-state index contributed by atoms with van der Waals surface area (Å²) in [7, 11) is 1.96. The van der Waals surface area contributed by atoms with Crippen LogP contribution in [0.3, 0.4) is 0 Å². The Hall–Kier alpha value is -1.63. The number of nitrogens with one attached hydrogen (secondary N) is 2. The lowest BCUT2D eigenvalue weighted by Crippen LogP contribution is -2.43. The minimum absolute atomic E-state index is 0. The Morgan fingerprint density at radius 3 is 2.60 bits per heavy atom. The van der Waals surface area contributed by atoms with E-state index in [1.165, 1.54) is 0 Å². The van der Waals surface area contributed by atoms with E-state index in [0.717, 1.165) is 38.8 Å². The topological polar surface area (TPSA) is 70.7 Å². The molecular formula is C18H26ClN3O3. The number of carbonyl (C=O) groups excluding carboxylic acids is 2. The Kier molecular flexibility index (Phi) is 7.23. The molecule has 0 aromatic heterocycles. The van der Waals surface area contributed by atoms with Crippen LogP contribution in [0.1, 0.15) is 36.0 Å². The highest BCUT2D eigenvalue weighted by atomic mass is 35.5. The van der Waals surface area contributed by atoms with Gasteiger partial charge in [0.2, 0.25) is 0 Å². The van der Waals surface area contributed by atoms with Crippen LogP contribution in [-0.2, 0) is 9.53 Å². The zero-order chi connectivity index (χ0) is 16.9. The second-order valence-electron chi connectivity index (χ2n) is 6.43. The third-order valence-corrected chi connectivity index (χ3v) is 4.79. The summed E-state index contributed by atoms with van der Waals surface area (Å²) < 4.78 is 5.39. The first-order valence-electron chi connectivity index (χ1n) is 8.66. The van der Waals surface area contributed by atoms with Crippen molar-refractivity contribution in [2.24, 2.45) is 0 Å². The number of ether oxygens (including phenoxy) is 1. The van der Waals surface area contributed by atoms with E-state index in [1.54, 1.807) is 24.3 Å². The van der Waals surface area contributed by atoms with Crippen LogP contribution >= 0.6 is 12.4 Å². The highest BCUT2D eigenvalue weighted by Crippen LogP contribution is 2.18. The third-order valence-electron chi connectivity index (χ3n) is 4.79. The van der Waals surface area contributed by atoms with Crippen molar-refractivity contribution in [1.82, 2.24) is 10.2 Å². The zero-order valence-electron chi connectivity index (χ0n) is 14.5. The Morgan fingerprint density at radius 2 is 1.96 bits per heavy atom. The maximum Gasteiger partial charge on any atom is 0.253 e. The van der Waals surface area contributed by atoms with Gasteiger partial charge in [0, 0.05) is 37.0 Å². The highest BCUT2D eigenvalue weighted by molar-refractivity contribution is 5.98. The fourth-order valence-electron chi connectivity index (χ4n) is 3.29. The maximum absolute atomic E-state index is 12.7. The molecule has 0 spiro atoms. The van der Waals surface area contributed by atoms with Crippen molar-refractivity contribution in [2.75, 3.05) is 32.1 Å². The predicted molar refractivity (Wildman–Crippen MR) is 99.3 cm³/mol. The van der Waals surface area contributed by atoms with Crippen molar-refractivity contribution in [1.29, 1.82) is 0 Å². The molecule has 25 heavy (non-hydrogen) atoms. The van der Waals surface area contributed by atoms with Gasteiger partial charge in [0.05, 0.1) is 0 Å². The average molecular weight is 368 g/mol. The van der Waals surface area contributed by atoms with Crippen LogP contribution in [-0.4, -0.2) is 55.6 Å². The smallest absolute Gasteiger partial charge is 0.253 e. The standard InChI is InChI=1S/C18H25N3O3.ClH/c1-19-14-7-9-21(10-8-14)18(23)13-4-2-5-15(12-13)20-17(22)16-6-3-11-24-16;/h2,4-5,12,14,16,19H,3,6-11H2,1H3,(H,20,22);1H. The molecular weight excluding hydrogens is 342 g/mol. The number of nitrogens with zero attached hydrogens (tertiary/aromatic N) is 1. The lowest BCUT2D eigenvalue weighted by molar-refractivity contribution is -0.124. The molecule has 2 amide bonds. The Labute approximate surface area is 154 Å². The Balaban J connectivity index is 0.00000225. The van der Waals surface area contributed by atoms with Crippen LogP contribution in [0.25, 0.3) is 0 Å². The van der Waals surface area contributed by atoms with Gasteiger partial charge >= 0.3 is 0 Å². The van der Waals surface area contributed by atoms with Gasteiger partial charge in [0.25, 0.3) is 11.8 Å². The number of hydrogen-bond donors (Lipinski definition) is 2. The van der Waals surface area contributed by atoms with Gasteiger partial charge < -0.3 is 20.3 Å². The van der Waals surface area contributed by atoms with E-state index in [4.69, 9.17) is 4.74 Å². The van der Waals surface area contributed by atoms with Crippen LogP contribution in [0.4, 0.5) is 5.69 Å². The summed E-state index contributed by atoms with van der Waals surface area (Å²) in [5.74, 6) is -0.107. The van der Waals surface area contributed by atoms with E-state index >= 15 is 0 Å². The molecule has 7 heteroatoms. The molecule has 2 N–H and O–H groups in total. The summed E-state index contributed by atoms with van der Waals surface area (Å²) in [6, 6.07) is 7.65. The molecule has 0 radical (unpaired) electrons. The van der Waals surface area contributed by atoms with Gasteiger partial charge in [-0.25, -0.2) is 0 Å². The van der Waals surface area contributed by atoms with Gasteiger partial charge in [-0.15, -0.1) is 12.4 Å². The molecule has 1 aromatic carbocycles. The van der Waals surface area contributed by atoms with Crippen molar-refractivity contribution >= 4 is 29.9 Å². The van der Waals surface area contributed by atoms with Gasteiger partial charge in [0.15, 0.2) is 0 Å². The Morgan fingerprint density at radius 1 is 1.20 bits per heavy atom. The SMILES string of the molecule is CNC1CCN(C(=O)c2cccc(NC(=O)C3CCCO3)c2)CC1.Cl. The summed E-state index contributed by atoms with van der Waals surface area (Å²) in [5.41, 5.74) is 1.26. The first-order valence-corrected chi connectivity index (χ1v) is 8.66. The molecule has 0 saturated carbocycles. The van der Waals surface area contributed by atoms with Crippen molar-refractivity contribution < 1.29 is 14.3 Å². The van der Waals surface area contributed by atoms with E-state index in [0.29, 0.717) is 23.9 Å². The Bertz CT molecular complexity index is 597. The third kappa shape index (κ3) is 4.93. The van der Waals surface area contributed by atoms with Crippen LogP contribution in [0.15, 0.2) is 24.3 Å². The second-order valence-corrected chi connectivity index (χ2v) is 6.43. The fourth-order valence-corrected chi connectivity index (χ4v) is 3.29. The molecule has 138 valence electrons. The first-order chi connectivity index (χ1) is 11.7. The maximum atomic E-state index is 12.7. The predicted octanol–water partition coefficient (Wildman–Crippen LogP) is 2.05. The molecule has 2 fully saturated rings. The molecule has 2 saturated heterocycles. The quantitative estimate of drug-likeness (QED) is 0.854. The summed E-state index contributed by atoms with van der Waals surface area (Å²) in [5, 5.41) is 6.12. The number of carbonyl (C=O) groups is 2. The lowest BCUT2D eigenvalue weighted by Gasteiger charge is -2.32. The van der Waals surface area contributed by atoms with Crippen molar-refractivity contribution in [3.05, 3.63) is 29.8 Å². The number of rotatable bonds is 4. The van der Waals surface area contributed by atoms with Crippen LogP contribution in [0.5, 0.6) is 0 Å². The largest absolute Gasteiger partial charge is 0.368 e. The van der Waals surface area contributed by atoms with Gasteiger partial charge in [-0.1, -0.05) is 6.07 Å². The van der Waals surface area contributed by atoms with Crippen LogP contribution in [0.2, 0.25) is 0 Å². The van der Waals surface area contributed by atoms with Gasteiger partial charge in [-0.2, -0.15) is 0 Å². The fraction of sp³-hybridized carbons (Fsp3) is 0.556. The molecule has 1 atom stereocenters. The van der Waals surface area contributed by atoms with E-state index < -0.39 is 0 Å². The molecule has 0 bridgehead atoms. The van der Waals surface area contributed by atoms with Crippen molar-refractivity contribution in [3.8, 4) is 0 Å². The summed E-state index contributed by atoms with van der Waals surface area (Å²) in [6.45, 7) is 2.16. The van der Waals surface area contributed by atoms with E-state index in [9.17, 15) is 9.59 Å². The van der Waals surface area contributed by atoms with Crippen LogP contribution in [0, 0.1) is 0 Å². The van der Waals surface area contributed by atoms with Gasteiger partial charge in [0.1, 0.15) is 6.10 Å². The van der Waals surface area contributed by atoms with E-state index in [-0.39, 0.29) is 30.3 Å². The minimum Gasteiger partial charge on any atom is -0.368 e. The number of likely N-dealkylation sites (tertiary alicyclic amines) is 1. The normalized spacial score (nSPS) is 20.8. The van der Waals surface area contributed by atoms with Gasteiger partial charge in [-0.3, -0.25) is 9.59 Å². The number of hydrogen-bond acceptors (Lipinski definition) is 4. The average Bonchev–Trinajstić information content (AvgIpc) is 3.16. The highest BCUT2D eigenvalue weighted by Gasteiger charge is 2.25. The molecule has 2 heterocycles. The minimum atomic E-state index is -0.370. The zero-order valence-corrected chi connectivity index (χ0v) is 15.3. The van der Waals surface area contributed by atoms with Crippen molar-refractivity contribution in [3.63, 3.8) is 0 Å². The molecule has 1 unspecified atom stereocenters. The number of anilines is 1. The molecule has 1 aromatic rings. The molecule has 3 rings (SSSR count). The number of piperidine rings is 1. The van der Waals surface area contributed by atoms with Gasteiger partial charge in [-0.05, 0) is 50.9 Å². The van der Waals surface area contributed by atoms with Crippen LogP contribution < -0.4 is 10.6 Å². The van der Waals surface area contributed by atoms with Crippen molar-refractivity contribution in [2.45, 2.75) is 37.8 Å². The van der Waals surface area contributed by atoms with E-state index in [2.05, 4.69) is 10.6 Å². The lowest BCUT2D eigenvalue weighted by atomic mass is 10.0. The number of benzene rings is 1. The molecule has 0 aliphatic carbocycles. The van der Waals surface area contributed by atoms with E-state index in [1.807, 2.05) is 11.9 Å². The number of amides is 2. The summed E-state index contributed by atoms with van der Waals surface area (Å²) in [4.78, 5) is 26.7. The monoisotopic (exact) mass is 367 g/mol. The second kappa shape index (κ2) is 9.17. The molecule has 2 aliphatic heterocycles.